The van der Waals surface area contributed by atoms with Crippen LogP contribution in [-0.2, 0) is 0 Å². The summed E-state index contributed by atoms with van der Waals surface area (Å²) in [4.78, 5) is 32.1. The van der Waals surface area contributed by atoms with Gasteiger partial charge >= 0.3 is 0 Å². The summed E-state index contributed by atoms with van der Waals surface area (Å²) < 4.78 is 5.87. The van der Waals surface area contributed by atoms with E-state index in [0.29, 0.717) is 21.8 Å². The Kier molecular flexibility index (Phi) is 5.11. The Balaban J connectivity index is 1.90. The SMILES string of the molecule is Cc1ccc(N=c2oc3ccc([N+](=O)[O-])cc3cc2C(=O)Nc2nccs2)cc1C. The highest BCUT2D eigenvalue weighted by Crippen LogP contribution is 2.22. The quantitative estimate of drug-likeness (QED) is 0.373. The molecule has 0 fully saturated rings. The average molecular weight is 420 g/mol. The van der Waals surface area contributed by atoms with Gasteiger partial charge in [0.1, 0.15) is 11.1 Å². The molecule has 0 saturated carbocycles. The highest BCUT2D eigenvalue weighted by Gasteiger charge is 2.16. The van der Waals surface area contributed by atoms with Crippen molar-refractivity contribution in [2.24, 2.45) is 4.99 Å². The van der Waals surface area contributed by atoms with Crippen molar-refractivity contribution in [2.45, 2.75) is 13.8 Å². The van der Waals surface area contributed by atoms with Crippen LogP contribution in [0.4, 0.5) is 16.5 Å². The largest absolute Gasteiger partial charge is 0.438 e. The fourth-order valence-electron chi connectivity index (χ4n) is 2.84. The highest BCUT2D eigenvalue weighted by molar-refractivity contribution is 7.13. The van der Waals surface area contributed by atoms with Crippen molar-refractivity contribution >= 4 is 44.7 Å². The molecule has 2 aromatic heterocycles. The normalized spacial score (nSPS) is 11.6. The van der Waals surface area contributed by atoms with E-state index in [1.54, 1.807) is 11.6 Å². The number of fused-ring (bicyclic) bond motifs is 1. The Bertz CT molecular complexity index is 1340. The van der Waals surface area contributed by atoms with Crippen LogP contribution in [0.1, 0.15) is 21.5 Å². The second kappa shape index (κ2) is 7.88. The Morgan fingerprint density at radius 3 is 2.70 bits per heavy atom. The molecule has 9 heteroatoms. The molecule has 4 rings (SSSR count). The van der Waals surface area contributed by atoms with Gasteiger partial charge in [-0.25, -0.2) is 9.98 Å². The molecule has 0 bridgehead atoms. The number of nitrogens with one attached hydrogen (secondary N) is 1. The van der Waals surface area contributed by atoms with Gasteiger partial charge < -0.3 is 4.42 Å². The van der Waals surface area contributed by atoms with Gasteiger partial charge in [0, 0.05) is 29.1 Å². The third-order valence-corrected chi connectivity index (χ3v) is 5.25. The van der Waals surface area contributed by atoms with Crippen molar-refractivity contribution in [3.05, 3.63) is 86.4 Å². The number of non-ortho nitro benzene ring substituents is 1. The fraction of sp³-hybridized carbons (Fsp3) is 0.0952. The van der Waals surface area contributed by atoms with Gasteiger partial charge in [-0.3, -0.25) is 20.2 Å². The maximum Gasteiger partial charge on any atom is 0.270 e. The lowest BCUT2D eigenvalue weighted by atomic mass is 10.1. The Morgan fingerprint density at radius 2 is 2.00 bits per heavy atom. The first-order valence-electron chi connectivity index (χ1n) is 8.96. The van der Waals surface area contributed by atoms with Crippen molar-refractivity contribution in [1.29, 1.82) is 0 Å². The molecule has 0 unspecified atom stereocenters. The first-order valence-corrected chi connectivity index (χ1v) is 9.84. The Labute approximate surface area is 174 Å². The van der Waals surface area contributed by atoms with Crippen LogP contribution in [0.25, 0.3) is 11.0 Å². The minimum absolute atomic E-state index is 0.0946. The van der Waals surface area contributed by atoms with E-state index in [1.165, 1.54) is 35.6 Å². The average Bonchev–Trinajstić information content (AvgIpc) is 3.22. The molecule has 4 aromatic rings. The van der Waals surface area contributed by atoms with Crippen LogP contribution in [-0.4, -0.2) is 15.8 Å². The number of carbonyl (C=O) groups excluding carboxylic acids is 1. The molecule has 2 heterocycles. The molecule has 0 spiro atoms. The minimum atomic E-state index is -0.498. The smallest absolute Gasteiger partial charge is 0.270 e. The standard InChI is InChI=1S/C21H16N4O4S/c1-12-3-4-15(9-13(12)2)23-20-17(19(26)24-21-22-7-8-30-21)11-14-10-16(25(27)28)5-6-18(14)29-20/h3-11H,1-2H3,(H,22,24,26). The van der Waals surface area contributed by atoms with Gasteiger partial charge in [0.15, 0.2) is 5.13 Å². The summed E-state index contributed by atoms with van der Waals surface area (Å²) in [5, 5.41) is 16.4. The van der Waals surface area contributed by atoms with Crippen molar-refractivity contribution in [1.82, 2.24) is 4.98 Å². The van der Waals surface area contributed by atoms with Gasteiger partial charge in [0.05, 0.1) is 10.6 Å². The van der Waals surface area contributed by atoms with Crippen molar-refractivity contribution in [3.8, 4) is 0 Å². The van der Waals surface area contributed by atoms with E-state index >= 15 is 0 Å². The lowest BCUT2D eigenvalue weighted by Gasteiger charge is -2.06. The third kappa shape index (κ3) is 3.96. The highest BCUT2D eigenvalue weighted by atomic mass is 32.1. The number of nitro groups is 1. The maximum atomic E-state index is 12.9. The van der Waals surface area contributed by atoms with Crippen LogP contribution in [0.5, 0.6) is 0 Å². The number of benzene rings is 2. The zero-order chi connectivity index (χ0) is 21.3. The van der Waals surface area contributed by atoms with E-state index in [-0.39, 0.29) is 16.8 Å². The van der Waals surface area contributed by atoms with E-state index in [1.807, 2.05) is 32.0 Å². The minimum Gasteiger partial charge on any atom is -0.438 e. The summed E-state index contributed by atoms with van der Waals surface area (Å²) in [5.41, 5.74) is 3.35. The number of rotatable bonds is 4. The van der Waals surface area contributed by atoms with Crippen LogP contribution >= 0.6 is 11.3 Å². The molecule has 2 aromatic carbocycles. The molecule has 0 aliphatic carbocycles. The predicted molar refractivity (Wildman–Crippen MR) is 114 cm³/mol. The first-order chi connectivity index (χ1) is 14.4. The van der Waals surface area contributed by atoms with E-state index in [9.17, 15) is 14.9 Å². The number of nitrogens with zero attached hydrogens (tertiary/aromatic N) is 3. The summed E-state index contributed by atoms with van der Waals surface area (Å²) in [6.45, 7) is 3.97. The predicted octanol–water partition coefficient (Wildman–Crippen LogP) is 4.90. The molecule has 1 amide bonds. The van der Waals surface area contributed by atoms with Gasteiger partial charge in [-0.2, -0.15) is 0 Å². The van der Waals surface area contributed by atoms with Gasteiger partial charge in [-0.05, 0) is 49.2 Å². The van der Waals surface area contributed by atoms with E-state index < -0.39 is 10.8 Å². The summed E-state index contributed by atoms with van der Waals surface area (Å²) in [7, 11) is 0. The lowest BCUT2D eigenvalue weighted by molar-refractivity contribution is -0.384. The fourth-order valence-corrected chi connectivity index (χ4v) is 3.36. The molecule has 0 aliphatic heterocycles. The van der Waals surface area contributed by atoms with Crippen LogP contribution in [0.15, 0.2) is 63.5 Å². The summed E-state index contributed by atoms with van der Waals surface area (Å²) in [6, 6.07) is 11.4. The number of hydrogen-bond donors (Lipinski definition) is 1. The number of aromatic nitrogens is 1. The zero-order valence-corrected chi connectivity index (χ0v) is 16.9. The van der Waals surface area contributed by atoms with Crippen LogP contribution in [0.3, 0.4) is 0 Å². The van der Waals surface area contributed by atoms with Gasteiger partial charge in [-0.1, -0.05) is 6.07 Å². The van der Waals surface area contributed by atoms with Crippen molar-refractivity contribution in [2.75, 3.05) is 5.32 Å². The molecule has 150 valence electrons. The number of anilines is 1. The number of carbonyl (C=O) groups is 1. The first kappa shape index (κ1) is 19.5. The van der Waals surface area contributed by atoms with Gasteiger partial charge in [0.25, 0.3) is 11.6 Å². The zero-order valence-electron chi connectivity index (χ0n) is 16.1. The van der Waals surface area contributed by atoms with E-state index in [4.69, 9.17) is 4.42 Å². The van der Waals surface area contributed by atoms with Crippen molar-refractivity contribution in [3.63, 3.8) is 0 Å². The third-order valence-electron chi connectivity index (χ3n) is 4.56. The van der Waals surface area contributed by atoms with Crippen molar-refractivity contribution < 1.29 is 14.1 Å². The molecular weight excluding hydrogens is 404 g/mol. The number of amides is 1. The summed E-state index contributed by atoms with van der Waals surface area (Å²) >= 11 is 1.28. The molecule has 0 atom stereocenters. The number of thiazole rings is 1. The van der Waals surface area contributed by atoms with Crippen LogP contribution in [0, 0.1) is 24.0 Å². The van der Waals surface area contributed by atoms with Crippen LogP contribution < -0.4 is 10.9 Å². The van der Waals surface area contributed by atoms with Crippen LogP contribution in [0.2, 0.25) is 0 Å². The number of aryl methyl sites for hydroxylation is 2. The molecule has 8 nitrogen and oxygen atoms in total. The molecule has 1 N–H and O–H groups in total. The van der Waals surface area contributed by atoms with Gasteiger partial charge in [0.2, 0.25) is 5.55 Å². The monoisotopic (exact) mass is 420 g/mol. The maximum absolute atomic E-state index is 12.9. The van der Waals surface area contributed by atoms with E-state index in [0.717, 1.165) is 11.1 Å². The topological polar surface area (TPSA) is 111 Å². The number of hydrogen-bond acceptors (Lipinski definition) is 7. The second-order valence-corrected chi connectivity index (χ2v) is 7.51. The lowest BCUT2D eigenvalue weighted by Crippen LogP contribution is -2.21. The summed E-state index contributed by atoms with van der Waals surface area (Å²) in [6.07, 6.45) is 1.58. The van der Waals surface area contributed by atoms with E-state index in [2.05, 4.69) is 15.3 Å². The Morgan fingerprint density at radius 1 is 1.17 bits per heavy atom. The molecule has 0 radical (unpaired) electrons. The molecular formula is C21H16N4O4S. The molecule has 30 heavy (non-hydrogen) atoms. The molecule has 0 aliphatic rings. The molecule has 0 saturated heterocycles. The summed E-state index contributed by atoms with van der Waals surface area (Å²) in [5.74, 6) is -0.468. The second-order valence-electron chi connectivity index (χ2n) is 6.62. The Hall–Kier alpha value is -3.85. The number of nitro benzene ring substituents is 1. The van der Waals surface area contributed by atoms with Gasteiger partial charge in [-0.15, -0.1) is 11.3 Å².